The lowest BCUT2D eigenvalue weighted by Gasteiger charge is -2.12. The van der Waals surface area contributed by atoms with Gasteiger partial charge in [0.05, 0.1) is 0 Å². The molecule has 0 saturated carbocycles. The van der Waals surface area contributed by atoms with Crippen LogP contribution in [0.15, 0.2) is 42.5 Å². The Hall–Kier alpha value is -2.40. The molecule has 2 rings (SSSR count). The number of hydrogen-bond donors (Lipinski definition) is 3. The smallest absolute Gasteiger partial charge is 0.221 e. The van der Waals surface area contributed by atoms with E-state index in [-0.39, 0.29) is 5.91 Å². The molecule has 3 N–H and O–H groups in total. The highest BCUT2D eigenvalue weighted by molar-refractivity contribution is 7.80. The highest BCUT2D eigenvalue weighted by Gasteiger charge is 2.02. The van der Waals surface area contributed by atoms with E-state index in [2.05, 4.69) is 22.0 Å². The molecule has 0 radical (unpaired) electrons. The van der Waals surface area contributed by atoms with Crippen molar-refractivity contribution >= 4 is 40.3 Å². The zero-order chi connectivity index (χ0) is 16.1. The molecule has 0 atom stereocenters. The largest absolute Gasteiger partial charge is 0.332 e. The maximum Gasteiger partial charge on any atom is 0.221 e. The molecule has 114 valence electrons. The second kappa shape index (κ2) is 7.04. The number of amides is 1. The van der Waals surface area contributed by atoms with E-state index in [1.165, 1.54) is 18.1 Å². The molecule has 22 heavy (non-hydrogen) atoms. The van der Waals surface area contributed by atoms with Gasteiger partial charge in [0.2, 0.25) is 5.91 Å². The topological polar surface area (TPSA) is 53.2 Å². The summed E-state index contributed by atoms with van der Waals surface area (Å²) in [7, 11) is 0. The normalized spacial score (nSPS) is 9.95. The van der Waals surface area contributed by atoms with Crippen LogP contribution < -0.4 is 16.0 Å². The Balaban J connectivity index is 2.04. The van der Waals surface area contributed by atoms with Crippen LogP contribution in [0.5, 0.6) is 0 Å². The van der Waals surface area contributed by atoms with Gasteiger partial charge in [0.15, 0.2) is 5.11 Å². The van der Waals surface area contributed by atoms with Crippen molar-refractivity contribution in [3.63, 3.8) is 0 Å². The Bertz CT molecular complexity index is 693. The molecular weight excluding hydrogens is 294 g/mol. The van der Waals surface area contributed by atoms with Gasteiger partial charge in [0, 0.05) is 24.0 Å². The summed E-state index contributed by atoms with van der Waals surface area (Å²) in [6.45, 7) is 5.57. The summed E-state index contributed by atoms with van der Waals surface area (Å²) in [5.41, 5.74) is 4.85. The second-order valence-corrected chi connectivity index (χ2v) is 5.63. The van der Waals surface area contributed by atoms with Gasteiger partial charge in [-0.25, -0.2) is 0 Å². The standard InChI is InChI=1S/C17H19N3OS/c1-11-7-12(2)9-16(8-11)20-17(22)19-15-6-4-5-14(10-15)18-13(3)21/h4-10H,1-3H3,(H,18,21)(H2,19,20,22). The number of aryl methyl sites for hydroxylation is 2. The third-order valence-corrected chi connectivity index (χ3v) is 3.12. The Morgan fingerprint density at radius 2 is 1.41 bits per heavy atom. The minimum absolute atomic E-state index is 0.104. The van der Waals surface area contributed by atoms with Crippen LogP contribution in [0.25, 0.3) is 0 Å². The lowest BCUT2D eigenvalue weighted by atomic mass is 10.1. The van der Waals surface area contributed by atoms with Gasteiger partial charge < -0.3 is 16.0 Å². The third kappa shape index (κ3) is 4.86. The first-order chi connectivity index (χ1) is 10.4. The fourth-order valence-corrected chi connectivity index (χ4v) is 2.45. The fraction of sp³-hybridized carbons (Fsp3) is 0.176. The van der Waals surface area contributed by atoms with E-state index in [4.69, 9.17) is 12.2 Å². The van der Waals surface area contributed by atoms with Crippen molar-refractivity contribution in [3.8, 4) is 0 Å². The van der Waals surface area contributed by atoms with Crippen LogP contribution in [0.1, 0.15) is 18.1 Å². The molecule has 2 aromatic rings. The van der Waals surface area contributed by atoms with E-state index in [1.54, 1.807) is 0 Å². The van der Waals surface area contributed by atoms with E-state index < -0.39 is 0 Å². The molecule has 1 amide bonds. The van der Waals surface area contributed by atoms with E-state index in [1.807, 2.05) is 50.2 Å². The summed E-state index contributed by atoms with van der Waals surface area (Å²) < 4.78 is 0. The lowest BCUT2D eigenvalue weighted by molar-refractivity contribution is -0.114. The first-order valence-corrected chi connectivity index (χ1v) is 7.37. The van der Waals surface area contributed by atoms with Crippen LogP contribution in [0.3, 0.4) is 0 Å². The number of thiocarbonyl (C=S) groups is 1. The molecule has 0 heterocycles. The highest BCUT2D eigenvalue weighted by atomic mass is 32.1. The van der Waals surface area contributed by atoms with Crippen LogP contribution in [0.4, 0.5) is 17.1 Å². The van der Waals surface area contributed by atoms with Gasteiger partial charge in [0.25, 0.3) is 0 Å². The van der Waals surface area contributed by atoms with Gasteiger partial charge in [0.1, 0.15) is 0 Å². The third-order valence-electron chi connectivity index (χ3n) is 2.92. The van der Waals surface area contributed by atoms with Crippen LogP contribution in [0.2, 0.25) is 0 Å². The van der Waals surface area contributed by atoms with Crippen molar-refractivity contribution in [1.29, 1.82) is 0 Å². The average Bonchev–Trinajstić information content (AvgIpc) is 2.36. The summed E-state index contributed by atoms with van der Waals surface area (Å²) in [5.74, 6) is -0.104. The van der Waals surface area contributed by atoms with Crippen molar-refractivity contribution in [2.24, 2.45) is 0 Å². The summed E-state index contributed by atoms with van der Waals surface area (Å²) in [6.07, 6.45) is 0. The molecule has 0 aromatic heterocycles. The molecule has 0 spiro atoms. The molecule has 2 aromatic carbocycles. The second-order valence-electron chi connectivity index (χ2n) is 5.22. The summed E-state index contributed by atoms with van der Waals surface area (Å²) in [6, 6.07) is 13.6. The molecule has 0 aliphatic rings. The van der Waals surface area contributed by atoms with E-state index in [0.29, 0.717) is 5.11 Å². The van der Waals surface area contributed by atoms with Crippen LogP contribution in [0, 0.1) is 13.8 Å². The van der Waals surface area contributed by atoms with E-state index in [9.17, 15) is 4.79 Å². The van der Waals surface area contributed by atoms with Gasteiger partial charge in [-0.05, 0) is 67.5 Å². The Labute approximate surface area is 135 Å². The number of rotatable bonds is 3. The maximum absolute atomic E-state index is 11.1. The van der Waals surface area contributed by atoms with Crippen LogP contribution in [-0.2, 0) is 4.79 Å². The first-order valence-electron chi connectivity index (χ1n) is 6.96. The number of nitrogens with one attached hydrogen (secondary N) is 3. The average molecular weight is 313 g/mol. The summed E-state index contributed by atoms with van der Waals surface area (Å²) in [4.78, 5) is 11.1. The van der Waals surface area contributed by atoms with Crippen molar-refractivity contribution in [3.05, 3.63) is 53.6 Å². The predicted molar refractivity (Wildman–Crippen MR) is 96.5 cm³/mol. The van der Waals surface area contributed by atoms with Crippen molar-refractivity contribution in [2.45, 2.75) is 20.8 Å². The summed E-state index contributed by atoms with van der Waals surface area (Å²) in [5, 5.41) is 9.52. The Morgan fingerprint density at radius 1 is 0.864 bits per heavy atom. The zero-order valence-corrected chi connectivity index (χ0v) is 13.7. The van der Waals surface area contributed by atoms with Gasteiger partial charge in [-0.3, -0.25) is 4.79 Å². The first kappa shape index (κ1) is 16.0. The Kier molecular flexibility index (Phi) is 5.12. The van der Waals surface area contributed by atoms with Crippen molar-refractivity contribution in [1.82, 2.24) is 0 Å². The number of carbonyl (C=O) groups is 1. The van der Waals surface area contributed by atoms with E-state index in [0.717, 1.165) is 17.1 Å². The monoisotopic (exact) mass is 313 g/mol. The number of anilines is 3. The van der Waals surface area contributed by atoms with Crippen molar-refractivity contribution < 1.29 is 4.79 Å². The summed E-state index contributed by atoms with van der Waals surface area (Å²) >= 11 is 5.33. The molecule has 0 unspecified atom stereocenters. The minimum atomic E-state index is -0.104. The van der Waals surface area contributed by atoms with E-state index >= 15 is 0 Å². The molecule has 0 fully saturated rings. The molecule has 5 heteroatoms. The minimum Gasteiger partial charge on any atom is -0.332 e. The number of benzene rings is 2. The molecule has 0 saturated heterocycles. The molecule has 0 bridgehead atoms. The predicted octanol–water partition coefficient (Wildman–Crippen LogP) is 4.07. The fourth-order valence-electron chi connectivity index (χ4n) is 2.22. The van der Waals surface area contributed by atoms with Gasteiger partial charge in [-0.2, -0.15) is 0 Å². The quantitative estimate of drug-likeness (QED) is 0.748. The van der Waals surface area contributed by atoms with Crippen LogP contribution in [-0.4, -0.2) is 11.0 Å². The maximum atomic E-state index is 11.1. The van der Waals surface area contributed by atoms with Crippen LogP contribution >= 0.6 is 12.2 Å². The lowest BCUT2D eigenvalue weighted by Crippen LogP contribution is -2.19. The SMILES string of the molecule is CC(=O)Nc1cccc(NC(=S)Nc2cc(C)cc(C)c2)c1. The van der Waals surface area contributed by atoms with Gasteiger partial charge >= 0.3 is 0 Å². The van der Waals surface area contributed by atoms with Gasteiger partial charge in [-0.15, -0.1) is 0 Å². The van der Waals surface area contributed by atoms with Crippen molar-refractivity contribution in [2.75, 3.05) is 16.0 Å². The highest BCUT2D eigenvalue weighted by Crippen LogP contribution is 2.17. The zero-order valence-electron chi connectivity index (χ0n) is 12.9. The molecular formula is C17H19N3OS. The molecule has 0 aliphatic heterocycles. The number of hydrogen-bond acceptors (Lipinski definition) is 2. The van der Waals surface area contributed by atoms with Gasteiger partial charge in [-0.1, -0.05) is 12.1 Å². The number of carbonyl (C=O) groups excluding carboxylic acids is 1. The molecule has 4 nitrogen and oxygen atoms in total. The Morgan fingerprint density at radius 3 is 2.00 bits per heavy atom. The molecule has 0 aliphatic carbocycles.